The van der Waals surface area contributed by atoms with Crippen molar-refractivity contribution < 1.29 is 0 Å². The first-order chi connectivity index (χ1) is 10.1. The van der Waals surface area contributed by atoms with Crippen LogP contribution in [0.5, 0.6) is 0 Å². The third kappa shape index (κ3) is 3.42. The molecule has 4 heteroatoms. The number of nitrogens with one attached hydrogen (secondary N) is 1. The number of likely N-dealkylation sites (tertiary alicyclic amines) is 1. The van der Waals surface area contributed by atoms with E-state index in [4.69, 9.17) is 4.98 Å². The van der Waals surface area contributed by atoms with E-state index < -0.39 is 0 Å². The fraction of sp³-hybridized carbons (Fsp3) is 0.824. The summed E-state index contributed by atoms with van der Waals surface area (Å²) in [5.41, 5.74) is 1.14. The molecule has 0 bridgehead atoms. The molecule has 118 valence electrons. The lowest BCUT2D eigenvalue weighted by Gasteiger charge is -2.36. The summed E-state index contributed by atoms with van der Waals surface area (Å²) in [4.78, 5) is 7.23. The minimum Gasteiger partial charge on any atom is -0.353 e. The normalized spacial score (nSPS) is 28.7. The average Bonchev–Trinajstić information content (AvgIpc) is 2.84. The average molecular weight is 290 g/mol. The molecule has 1 N–H and O–H groups in total. The Morgan fingerprint density at radius 1 is 1.19 bits per heavy atom. The Kier molecular flexibility index (Phi) is 4.53. The van der Waals surface area contributed by atoms with Crippen LogP contribution in [0.3, 0.4) is 0 Å². The molecular weight excluding hydrogens is 260 g/mol. The molecule has 2 fully saturated rings. The van der Waals surface area contributed by atoms with Gasteiger partial charge in [0.05, 0.1) is 5.69 Å². The van der Waals surface area contributed by atoms with Gasteiger partial charge in [0.25, 0.3) is 0 Å². The predicted molar refractivity (Wildman–Crippen MR) is 87.8 cm³/mol. The highest BCUT2D eigenvalue weighted by Gasteiger charge is 2.26. The summed E-state index contributed by atoms with van der Waals surface area (Å²) in [5.74, 6) is 1.11. The molecule has 0 amide bonds. The van der Waals surface area contributed by atoms with Crippen LogP contribution in [-0.4, -0.2) is 40.1 Å². The number of hydrogen-bond donors (Lipinski definition) is 1. The maximum absolute atomic E-state index is 4.76. The summed E-state index contributed by atoms with van der Waals surface area (Å²) >= 11 is 0. The summed E-state index contributed by atoms with van der Waals surface area (Å²) in [5, 5.41) is 3.73. The van der Waals surface area contributed by atoms with Gasteiger partial charge in [-0.2, -0.15) is 0 Å². The van der Waals surface area contributed by atoms with Crippen molar-refractivity contribution in [1.82, 2.24) is 14.5 Å². The summed E-state index contributed by atoms with van der Waals surface area (Å²) in [6.07, 6.45) is 11.4. The fourth-order valence-corrected chi connectivity index (χ4v) is 3.85. The van der Waals surface area contributed by atoms with E-state index in [0.717, 1.165) is 11.6 Å². The highest BCUT2D eigenvalue weighted by atomic mass is 15.2. The number of anilines is 1. The molecule has 1 saturated carbocycles. The van der Waals surface area contributed by atoms with E-state index in [1.807, 2.05) is 0 Å². The van der Waals surface area contributed by atoms with Crippen LogP contribution in [0.15, 0.2) is 6.20 Å². The molecule has 2 heterocycles. The van der Waals surface area contributed by atoms with Crippen LogP contribution >= 0.6 is 0 Å². The third-order valence-corrected chi connectivity index (χ3v) is 5.37. The highest BCUT2D eigenvalue weighted by Crippen LogP contribution is 2.30. The smallest absolute Gasteiger partial charge is 0.203 e. The van der Waals surface area contributed by atoms with Crippen molar-refractivity contribution >= 4 is 5.95 Å². The lowest BCUT2D eigenvalue weighted by Crippen LogP contribution is -2.38. The minimum atomic E-state index is 0.600. The van der Waals surface area contributed by atoms with Crippen LogP contribution in [0.2, 0.25) is 0 Å². The van der Waals surface area contributed by atoms with E-state index in [1.54, 1.807) is 0 Å². The van der Waals surface area contributed by atoms with Crippen molar-refractivity contribution in [3.63, 3.8) is 0 Å². The number of aromatic nitrogens is 2. The van der Waals surface area contributed by atoms with Crippen molar-refractivity contribution in [2.24, 2.45) is 0 Å². The molecule has 0 spiro atoms. The molecule has 0 radical (unpaired) electrons. The molecule has 4 nitrogen and oxygen atoms in total. The van der Waals surface area contributed by atoms with Crippen LogP contribution in [-0.2, 0) is 0 Å². The Balaban J connectivity index is 1.72. The fourth-order valence-electron chi connectivity index (χ4n) is 3.85. The van der Waals surface area contributed by atoms with E-state index in [1.165, 1.54) is 51.5 Å². The molecule has 1 aliphatic heterocycles. The Morgan fingerprint density at radius 2 is 1.95 bits per heavy atom. The molecule has 1 saturated heterocycles. The van der Waals surface area contributed by atoms with Gasteiger partial charge in [0.15, 0.2) is 0 Å². The van der Waals surface area contributed by atoms with Gasteiger partial charge < -0.3 is 14.8 Å². The van der Waals surface area contributed by atoms with Crippen molar-refractivity contribution in [1.29, 1.82) is 0 Å². The summed E-state index contributed by atoms with van der Waals surface area (Å²) in [6, 6.07) is 1.89. The predicted octanol–water partition coefficient (Wildman–Crippen LogP) is 3.59. The summed E-state index contributed by atoms with van der Waals surface area (Å²) < 4.78 is 2.42. The molecule has 1 aromatic rings. The summed E-state index contributed by atoms with van der Waals surface area (Å²) in [7, 11) is 2.24. The monoisotopic (exact) mass is 290 g/mol. The first-order valence-corrected chi connectivity index (χ1v) is 8.65. The molecule has 0 aromatic carbocycles. The SMILES string of the molecule is Cc1cn(C2CCN(C)C(C)C2)c(NC2CCCCC2)n1. The van der Waals surface area contributed by atoms with Crippen LogP contribution in [0, 0.1) is 6.92 Å². The molecule has 21 heavy (non-hydrogen) atoms. The second kappa shape index (κ2) is 6.39. The standard InChI is InChI=1S/C17H30N4/c1-13-12-21(16-9-10-20(3)14(2)11-16)17(18-13)19-15-7-5-4-6-8-15/h12,14-16H,4-11H2,1-3H3,(H,18,19). The Bertz CT molecular complexity index is 461. The molecule has 2 aliphatic rings. The third-order valence-electron chi connectivity index (χ3n) is 5.37. The molecule has 1 aromatic heterocycles. The Labute approximate surface area is 128 Å². The zero-order valence-corrected chi connectivity index (χ0v) is 13.8. The minimum absolute atomic E-state index is 0.600. The van der Waals surface area contributed by atoms with Crippen LogP contribution in [0.1, 0.15) is 63.6 Å². The number of rotatable bonds is 3. The van der Waals surface area contributed by atoms with E-state index in [-0.39, 0.29) is 0 Å². The van der Waals surface area contributed by atoms with Crippen molar-refractivity contribution in [3.8, 4) is 0 Å². The van der Waals surface area contributed by atoms with E-state index in [2.05, 4.69) is 41.9 Å². The molecular formula is C17H30N4. The summed E-state index contributed by atoms with van der Waals surface area (Å²) in [6.45, 7) is 5.64. The lowest BCUT2D eigenvalue weighted by molar-refractivity contribution is 0.157. The zero-order chi connectivity index (χ0) is 14.8. The van der Waals surface area contributed by atoms with Crippen molar-refractivity contribution in [2.75, 3.05) is 18.9 Å². The van der Waals surface area contributed by atoms with Gasteiger partial charge in [-0.25, -0.2) is 4.98 Å². The van der Waals surface area contributed by atoms with Crippen LogP contribution < -0.4 is 5.32 Å². The number of hydrogen-bond acceptors (Lipinski definition) is 3. The van der Waals surface area contributed by atoms with E-state index in [0.29, 0.717) is 18.1 Å². The quantitative estimate of drug-likeness (QED) is 0.923. The van der Waals surface area contributed by atoms with Gasteiger partial charge in [-0.15, -0.1) is 0 Å². The van der Waals surface area contributed by atoms with Crippen LogP contribution in [0.4, 0.5) is 5.95 Å². The molecule has 1 aliphatic carbocycles. The first kappa shape index (κ1) is 14.9. The number of nitrogens with zero attached hydrogens (tertiary/aromatic N) is 3. The van der Waals surface area contributed by atoms with E-state index >= 15 is 0 Å². The highest BCUT2D eigenvalue weighted by molar-refractivity contribution is 5.31. The van der Waals surface area contributed by atoms with Crippen LogP contribution in [0.25, 0.3) is 0 Å². The molecule has 2 atom stereocenters. The van der Waals surface area contributed by atoms with Gasteiger partial charge in [-0.1, -0.05) is 19.3 Å². The molecule has 3 rings (SSSR count). The lowest BCUT2D eigenvalue weighted by atomic mass is 9.95. The Morgan fingerprint density at radius 3 is 2.67 bits per heavy atom. The second-order valence-electron chi connectivity index (χ2n) is 7.10. The van der Waals surface area contributed by atoms with Crippen molar-refractivity contribution in [2.45, 2.75) is 76.9 Å². The topological polar surface area (TPSA) is 33.1 Å². The molecule has 2 unspecified atom stereocenters. The Hall–Kier alpha value is -1.03. The largest absolute Gasteiger partial charge is 0.353 e. The van der Waals surface area contributed by atoms with E-state index in [9.17, 15) is 0 Å². The zero-order valence-electron chi connectivity index (χ0n) is 13.8. The van der Waals surface area contributed by atoms with Gasteiger partial charge in [-0.05, 0) is 46.6 Å². The van der Waals surface area contributed by atoms with Gasteiger partial charge in [0.1, 0.15) is 0 Å². The second-order valence-corrected chi connectivity index (χ2v) is 7.10. The first-order valence-electron chi connectivity index (χ1n) is 8.65. The number of imidazole rings is 1. The van der Waals surface area contributed by atoms with Gasteiger partial charge in [-0.3, -0.25) is 0 Å². The maximum Gasteiger partial charge on any atom is 0.203 e. The number of piperidine rings is 1. The number of aryl methyl sites for hydroxylation is 1. The van der Waals surface area contributed by atoms with Gasteiger partial charge in [0, 0.05) is 30.9 Å². The van der Waals surface area contributed by atoms with Gasteiger partial charge >= 0.3 is 0 Å². The van der Waals surface area contributed by atoms with Crippen molar-refractivity contribution in [3.05, 3.63) is 11.9 Å². The van der Waals surface area contributed by atoms with Gasteiger partial charge in [0.2, 0.25) is 5.95 Å². The maximum atomic E-state index is 4.76.